The average molecular weight is 251 g/mol. The maximum Gasteiger partial charge on any atom is 0.416 e. The van der Waals surface area contributed by atoms with Crippen LogP contribution in [-0.4, -0.2) is 0 Å². The summed E-state index contributed by atoms with van der Waals surface area (Å²) in [4.78, 5) is 0. The standard InChI is InChI=1S/C12H14ClF3/c1-11(2,3)7-8-6-9(13)4-5-10(8)12(14,15)16/h4-6H,7H2,1-3H3. The van der Waals surface area contributed by atoms with Gasteiger partial charge in [0.2, 0.25) is 0 Å². The number of halogens is 4. The molecular formula is C12H14ClF3. The number of hydrogen-bond acceptors (Lipinski definition) is 0. The van der Waals surface area contributed by atoms with Crippen molar-refractivity contribution in [1.82, 2.24) is 0 Å². The minimum Gasteiger partial charge on any atom is -0.166 e. The zero-order valence-electron chi connectivity index (χ0n) is 9.45. The molecule has 0 bridgehead atoms. The summed E-state index contributed by atoms with van der Waals surface area (Å²) in [6, 6.07) is 3.72. The van der Waals surface area contributed by atoms with Crippen LogP contribution in [0.4, 0.5) is 13.2 Å². The summed E-state index contributed by atoms with van der Waals surface area (Å²) >= 11 is 5.73. The Balaban J connectivity index is 3.19. The van der Waals surface area contributed by atoms with Crippen LogP contribution in [0, 0.1) is 5.41 Å². The smallest absolute Gasteiger partial charge is 0.166 e. The Morgan fingerprint density at radius 2 is 1.69 bits per heavy atom. The van der Waals surface area contributed by atoms with Gasteiger partial charge in [0.05, 0.1) is 5.56 Å². The van der Waals surface area contributed by atoms with E-state index in [4.69, 9.17) is 11.6 Å². The Morgan fingerprint density at radius 3 is 2.12 bits per heavy atom. The SMILES string of the molecule is CC(C)(C)Cc1cc(Cl)ccc1C(F)(F)F. The molecule has 0 atom stereocenters. The summed E-state index contributed by atoms with van der Waals surface area (Å²) in [5.41, 5.74) is -0.538. The Morgan fingerprint density at radius 1 is 1.12 bits per heavy atom. The Kier molecular flexibility index (Phi) is 3.58. The third-order valence-electron chi connectivity index (χ3n) is 2.09. The van der Waals surface area contributed by atoms with E-state index in [0.717, 1.165) is 6.07 Å². The predicted molar refractivity (Wildman–Crippen MR) is 59.6 cm³/mol. The maximum absolute atomic E-state index is 12.7. The van der Waals surface area contributed by atoms with Gasteiger partial charge in [0, 0.05) is 5.02 Å². The van der Waals surface area contributed by atoms with E-state index in [1.807, 2.05) is 20.8 Å². The van der Waals surface area contributed by atoms with Crippen LogP contribution < -0.4 is 0 Å². The molecule has 0 amide bonds. The van der Waals surface area contributed by atoms with E-state index < -0.39 is 11.7 Å². The number of alkyl halides is 3. The lowest BCUT2D eigenvalue weighted by atomic mass is 9.86. The molecule has 1 aromatic rings. The minimum absolute atomic E-state index is 0.204. The van der Waals surface area contributed by atoms with Gasteiger partial charge in [-0.15, -0.1) is 0 Å². The zero-order valence-corrected chi connectivity index (χ0v) is 10.2. The van der Waals surface area contributed by atoms with Gasteiger partial charge in [-0.1, -0.05) is 32.4 Å². The molecule has 1 rings (SSSR count). The molecule has 0 radical (unpaired) electrons. The topological polar surface area (TPSA) is 0 Å². The molecule has 16 heavy (non-hydrogen) atoms. The lowest BCUT2D eigenvalue weighted by Gasteiger charge is -2.21. The van der Waals surface area contributed by atoms with Crippen LogP contribution in [0.25, 0.3) is 0 Å². The van der Waals surface area contributed by atoms with E-state index >= 15 is 0 Å². The van der Waals surface area contributed by atoms with E-state index in [2.05, 4.69) is 0 Å². The first-order valence-corrected chi connectivity index (χ1v) is 5.33. The molecule has 0 saturated heterocycles. The van der Waals surface area contributed by atoms with E-state index in [0.29, 0.717) is 11.4 Å². The van der Waals surface area contributed by atoms with Crippen molar-refractivity contribution >= 4 is 11.6 Å². The molecular weight excluding hydrogens is 237 g/mol. The normalized spacial score (nSPS) is 12.9. The second-order valence-electron chi connectivity index (χ2n) is 5.04. The molecule has 0 spiro atoms. The summed E-state index contributed by atoms with van der Waals surface area (Å²) in [5.74, 6) is 0. The Hall–Kier alpha value is -0.700. The van der Waals surface area contributed by atoms with Crippen LogP contribution in [0.1, 0.15) is 31.9 Å². The lowest BCUT2D eigenvalue weighted by Crippen LogP contribution is -2.15. The van der Waals surface area contributed by atoms with Gasteiger partial charge in [-0.2, -0.15) is 13.2 Å². The molecule has 1 aromatic carbocycles. The molecule has 0 unspecified atom stereocenters. The van der Waals surface area contributed by atoms with Crippen LogP contribution in [0.2, 0.25) is 5.02 Å². The molecule has 0 N–H and O–H groups in total. The van der Waals surface area contributed by atoms with Crippen molar-refractivity contribution in [2.45, 2.75) is 33.4 Å². The summed E-state index contributed by atoms with van der Waals surface area (Å²) in [5, 5.41) is 0.340. The van der Waals surface area contributed by atoms with Crippen LogP contribution in [0.5, 0.6) is 0 Å². The molecule has 0 aliphatic heterocycles. The Bertz CT molecular complexity index is 375. The van der Waals surface area contributed by atoms with Crippen molar-refractivity contribution < 1.29 is 13.2 Å². The maximum atomic E-state index is 12.7. The molecule has 0 nitrogen and oxygen atoms in total. The van der Waals surface area contributed by atoms with Crippen molar-refractivity contribution in [3.05, 3.63) is 34.3 Å². The second kappa shape index (κ2) is 4.28. The first-order chi connectivity index (χ1) is 7.09. The number of hydrogen-bond donors (Lipinski definition) is 0. The van der Waals surface area contributed by atoms with Gasteiger partial charge in [-0.05, 0) is 35.6 Å². The summed E-state index contributed by atoms with van der Waals surface area (Å²) in [7, 11) is 0. The average Bonchev–Trinajstić information content (AvgIpc) is 1.97. The van der Waals surface area contributed by atoms with Gasteiger partial charge in [0.1, 0.15) is 0 Å². The number of benzene rings is 1. The van der Waals surface area contributed by atoms with Crippen LogP contribution in [-0.2, 0) is 12.6 Å². The van der Waals surface area contributed by atoms with Crippen LogP contribution in [0.3, 0.4) is 0 Å². The summed E-state index contributed by atoms with van der Waals surface area (Å²) < 4.78 is 38.1. The fourth-order valence-electron chi connectivity index (χ4n) is 1.56. The predicted octanol–water partition coefficient (Wildman–Crippen LogP) is 4.95. The van der Waals surface area contributed by atoms with Gasteiger partial charge < -0.3 is 0 Å². The highest BCUT2D eigenvalue weighted by molar-refractivity contribution is 6.30. The highest BCUT2D eigenvalue weighted by atomic mass is 35.5. The van der Waals surface area contributed by atoms with Gasteiger partial charge in [-0.25, -0.2) is 0 Å². The van der Waals surface area contributed by atoms with Crippen molar-refractivity contribution in [3.8, 4) is 0 Å². The highest BCUT2D eigenvalue weighted by Gasteiger charge is 2.34. The molecule has 0 heterocycles. The molecule has 0 fully saturated rings. The zero-order chi connectivity index (χ0) is 12.6. The Labute approximate surface area is 98.4 Å². The van der Waals surface area contributed by atoms with Gasteiger partial charge in [0.25, 0.3) is 0 Å². The number of rotatable bonds is 1. The largest absolute Gasteiger partial charge is 0.416 e. The van der Waals surface area contributed by atoms with E-state index in [9.17, 15) is 13.2 Å². The fourth-order valence-corrected chi connectivity index (χ4v) is 1.75. The van der Waals surface area contributed by atoms with Crippen LogP contribution >= 0.6 is 11.6 Å². The third-order valence-corrected chi connectivity index (χ3v) is 2.33. The van der Waals surface area contributed by atoms with Crippen LogP contribution in [0.15, 0.2) is 18.2 Å². The molecule has 4 heteroatoms. The third kappa shape index (κ3) is 3.71. The molecule has 0 saturated carbocycles. The van der Waals surface area contributed by atoms with Crippen molar-refractivity contribution in [2.75, 3.05) is 0 Å². The first kappa shape index (κ1) is 13.4. The molecule has 90 valence electrons. The molecule has 0 aliphatic carbocycles. The van der Waals surface area contributed by atoms with Gasteiger partial charge in [-0.3, -0.25) is 0 Å². The monoisotopic (exact) mass is 250 g/mol. The van der Waals surface area contributed by atoms with Gasteiger partial charge >= 0.3 is 6.18 Å². The van der Waals surface area contributed by atoms with Crippen molar-refractivity contribution in [1.29, 1.82) is 0 Å². The lowest BCUT2D eigenvalue weighted by molar-refractivity contribution is -0.138. The van der Waals surface area contributed by atoms with Crippen molar-refractivity contribution in [2.24, 2.45) is 5.41 Å². The second-order valence-corrected chi connectivity index (χ2v) is 5.47. The minimum atomic E-state index is -4.31. The van der Waals surface area contributed by atoms with E-state index in [1.54, 1.807) is 0 Å². The summed E-state index contributed by atoms with van der Waals surface area (Å²) in [6.07, 6.45) is -3.96. The van der Waals surface area contributed by atoms with E-state index in [-0.39, 0.29) is 11.0 Å². The summed E-state index contributed by atoms with van der Waals surface area (Å²) in [6.45, 7) is 5.69. The molecule has 0 aromatic heterocycles. The highest BCUT2D eigenvalue weighted by Crippen LogP contribution is 2.35. The fraction of sp³-hybridized carbons (Fsp3) is 0.500. The van der Waals surface area contributed by atoms with Gasteiger partial charge in [0.15, 0.2) is 0 Å². The first-order valence-electron chi connectivity index (χ1n) is 4.95. The van der Waals surface area contributed by atoms with E-state index in [1.165, 1.54) is 12.1 Å². The quantitative estimate of drug-likeness (QED) is 0.662. The van der Waals surface area contributed by atoms with Crippen molar-refractivity contribution in [3.63, 3.8) is 0 Å². The molecule has 0 aliphatic rings.